The van der Waals surface area contributed by atoms with Gasteiger partial charge in [-0.2, -0.15) is 0 Å². The van der Waals surface area contributed by atoms with E-state index in [2.05, 4.69) is 17.0 Å². The van der Waals surface area contributed by atoms with Gasteiger partial charge in [0.25, 0.3) is 0 Å². The highest BCUT2D eigenvalue weighted by molar-refractivity contribution is 5.79. The molecule has 0 atom stereocenters. The molecule has 2 heterocycles. The highest BCUT2D eigenvalue weighted by Crippen LogP contribution is 2.13. The Labute approximate surface area is 151 Å². The lowest BCUT2D eigenvalue weighted by atomic mass is 10.2. The molecule has 1 aromatic heterocycles. The van der Waals surface area contributed by atoms with Gasteiger partial charge < -0.3 is 9.32 Å². The van der Waals surface area contributed by atoms with Crippen LogP contribution in [0.4, 0.5) is 0 Å². The van der Waals surface area contributed by atoms with Crippen molar-refractivity contribution in [3.63, 3.8) is 0 Å². The summed E-state index contributed by atoms with van der Waals surface area (Å²) >= 11 is 0. The van der Waals surface area contributed by atoms with E-state index < -0.39 is 5.76 Å². The number of benzene rings is 2. The van der Waals surface area contributed by atoms with Gasteiger partial charge in [-0.3, -0.25) is 14.3 Å². The summed E-state index contributed by atoms with van der Waals surface area (Å²) in [7, 11) is 0. The van der Waals surface area contributed by atoms with Gasteiger partial charge in [0.1, 0.15) is 6.54 Å². The first-order chi connectivity index (χ1) is 12.7. The normalized spacial score (nSPS) is 15.5. The zero-order valence-electron chi connectivity index (χ0n) is 14.5. The Hall–Kier alpha value is -2.86. The quantitative estimate of drug-likeness (QED) is 0.721. The Balaban J connectivity index is 1.38. The predicted octanol–water partition coefficient (Wildman–Crippen LogP) is 1.94. The number of hydrogen-bond acceptors (Lipinski definition) is 4. The molecule has 6 heteroatoms. The fourth-order valence-electron chi connectivity index (χ4n) is 3.40. The van der Waals surface area contributed by atoms with E-state index in [9.17, 15) is 9.59 Å². The Morgan fingerprint density at radius 3 is 2.38 bits per heavy atom. The maximum Gasteiger partial charge on any atom is 0.420 e. The molecule has 4 rings (SSSR count). The van der Waals surface area contributed by atoms with Crippen LogP contribution in [0.2, 0.25) is 0 Å². The summed E-state index contributed by atoms with van der Waals surface area (Å²) in [6, 6.07) is 17.5. The van der Waals surface area contributed by atoms with Crippen LogP contribution < -0.4 is 5.76 Å². The zero-order chi connectivity index (χ0) is 17.9. The van der Waals surface area contributed by atoms with Crippen molar-refractivity contribution >= 4 is 17.0 Å². The molecular weight excluding hydrogens is 330 g/mol. The molecule has 0 N–H and O–H groups in total. The lowest BCUT2D eigenvalue weighted by Gasteiger charge is -2.34. The molecule has 1 amide bonds. The van der Waals surface area contributed by atoms with Gasteiger partial charge in [-0.05, 0) is 17.7 Å². The average molecular weight is 351 g/mol. The summed E-state index contributed by atoms with van der Waals surface area (Å²) in [6.07, 6.45) is 0. The van der Waals surface area contributed by atoms with Crippen molar-refractivity contribution in [2.45, 2.75) is 13.1 Å². The van der Waals surface area contributed by atoms with Gasteiger partial charge in [-0.15, -0.1) is 0 Å². The topological polar surface area (TPSA) is 58.7 Å². The molecule has 1 aliphatic rings. The number of carbonyl (C=O) groups is 1. The molecule has 0 radical (unpaired) electrons. The van der Waals surface area contributed by atoms with Gasteiger partial charge in [0.05, 0.1) is 5.52 Å². The number of oxazole rings is 1. The summed E-state index contributed by atoms with van der Waals surface area (Å²) in [6.45, 7) is 3.94. The molecule has 1 saturated heterocycles. The number of hydrogen-bond donors (Lipinski definition) is 0. The molecule has 0 saturated carbocycles. The van der Waals surface area contributed by atoms with Crippen LogP contribution in [-0.2, 0) is 17.9 Å². The molecule has 134 valence electrons. The molecule has 2 aromatic carbocycles. The van der Waals surface area contributed by atoms with Crippen LogP contribution in [0.3, 0.4) is 0 Å². The van der Waals surface area contributed by atoms with E-state index in [4.69, 9.17) is 4.42 Å². The average Bonchev–Trinajstić information content (AvgIpc) is 2.98. The summed E-state index contributed by atoms with van der Waals surface area (Å²) < 4.78 is 6.61. The molecule has 1 aliphatic heterocycles. The second kappa shape index (κ2) is 7.17. The van der Waals surface area contributed by atoms with Crippen molar-refractivity contribution in [2.75, 3.05) is 26.2 Å². The van der Waals surface area contributed by atoms with Crippen LogP contribution >= 0.6 is 0 Å². The summed E-state index contributed by atoms with van der Waals surface area (Å²) in [5.74, 6) is -0.528. The Morgan fingerprint density at radius 2 is 1.62 bits per heavy atom. The van der Waals surface area contributed by atoms with Crippen LogP contribution in [-0.4, -0.2) is 46.5 Å². The first-order valence-corrected chi connectivity index (χ1v) is 8.83. The largest absolute Gasteiger partial charge is 0.420 e. The van der Waals surface area contributed by atoms with Gasteiger partial charge in [0, 0.05) is 32.7 Å². The number of rotatable bonds is 4. The lowest BCUT2D eigenvalue weighted by Crippen LogP contribution is -2.49. The third kappa shape index (κ3) is 3.41. The maximum atomic E-state index is 12.6. The number of para-hydroxylation sites is 2. The number of piperazine rings is 1. The van der Waals surface area contributed by atoms with Gasteiger partial charge in [0.15, 0.2) is 5.58 Å². The monoisotopic (exact) mass is 351 g/mol. The standard InChI is InChI=1S/C20H21N3O3/c24-19(15-23-17-8-4-5-9-18(17)26-20(23)25)22-12-10-21(11-13-22)14-16-6-2-1-3-7-16/h1-9H,10-15H2. The molecule has 3 aromatic rings. The van der Waals surface area contributed by atoms with E-state index in [1.54, 1.807) is 12.1 Å². The minimum absolute atomic E-state index is 0.0224. The minimum Gasteiger partial charge on any atom is -0.408 e. The van der Waals surface area contributed by atoms with E-state index in [1.165, 1.54) is 10.1 Å². The molecule has 0 bridgehead atoms. The fraction of sp³-hybridized carbons (Fsp3) is 0.300. The van der Waals surface area contributed by atoms with Crippen molar-refractivity contribution in [1.29, 1.82) is 0 Å². The molecule has 0 spiro atoms. The van der Waals surface area contributed by atoms with Crippen LogP contribution in [0.5, 0.6) is 0 Å². The van der Waals surface area contributed by atoms with Crippen LogP contribution in [0.25, 0.3) is 11.1 Å². The van der Waals surface area contributed by atoms with Gasteiger partial charge >= 0.3 is 5.76 Å². The Bertz CT molecular complexity index is 953. The Kier molecular flexibility index (Phi) is 4.58. The van der Waals surface area contributed by atoms with Crippen molar-refractivity contribution in [3.05, 3.63) is 70.7 Å². The van der Waals surface area contributed by atoms with E-state index in [1.807, 2.05) is 35.2 Å². The van der Waals surface area contributed by atoms with E-state index >= 15 is 0 Å². The molecule has 1 fully saturated rings. The highest BCUT2D eigenvalue weighted by atomic mass is 16.4. The van der Waals surface area contributed by atoms with Crippen molar-refractivity contribution in [3.8, 4) is 0 Å². The highest BCUT2D eigenvalue weighted by Gasteiger charge is 2.22. The van der Waals surface area contributed by atoms with Crippen LogP contribution in [0.1, 0.15) is 5.56 Å². The van der Waals surface area contributed by atoms with Crippen molar-refractivity contribution in [2.24, 2.45) is 0 Å². The third-order valence-electron chi connectivity index (χ3n) is 4.84. The number of carbonyl (C=O) groups excluding carboxylic acids is 1. The molecular formula is C20H21N3O3. The van der Waals surface area contributed by atoms with Gasteiger partial charge in [-0.25, -0.2) is 4.79 Å². The second-order valence-electron chi connectivity index (χ2n) is 6.56. The number of amides is 1. The number of fused-ring (bicyclic) bond motifs is 1. The second-order valence-corrected chi connectivity index (χ2v) is 6.56. The van der Waals surface area contributed by atoms with Gasteiger partial charge in [0.2, 0.25) is 5.91 Å². The van der Waals surface area contributed by atoms with Crippen molar-refractivity contribution in [1.82, 2.24) is 14.4 Å². The summed E-state index contributed by atoms with van der Waals surface area (Å²) in [4.78, 5) is 28.8. The molecule has 0 unspecified atom stereocenters. The smallest absolute Gasteiger partial charge is 0.408 e. The number of aromatic nitrogens is 1. The SMILES string of the molecule is O=C(Cn1c(=O)oc2ccccc21)N1CCN(Cc2ccccc2)CC1. The van der Waals surface area contributed by atoms with E-state index in [0.717, 1.165) is 19.6 Å². The molecule has 6 nitrogen and oxygen atoms in total. The van der Waals surface area contributed by atoms with E-state index in [0.29, 0.717) is 24.2 Å². The number of nitrogens with zero attached hydrogens (tertiary/aromatic N) is 3. The van der Waals surface area contributed by atoms with E-state index in [-0.39, 0.29) is 12.5 Å². The van der Waals surface area contributed by atoms with Crippen LogP contribution in [0, 0.1) is 0 Å². The first-order valence-electron chi connectivity index (χ1n) is 8.83. The molecule has 0 aliphatic carbocycles. The fourth-order valence-corrected chi connectivity index (χ4v) is 3.40. The third-order valence-corrected chi connectivity index (χ3v) is 4.84. The van der Waals surface area contributed by atoms with Crippen molar-refractivity contribution < 1.29 is 9.21 Å². The van der Waals surface area contributed by atoms with Crippen LogP contribution in [0.15, 0.2) is 63.8 Å². The zero-order valence-corrected chi connectivity index (χ0v) is 14.5. The summed E-state index contributed by atoms with van der Waals surface area (Å²) in [5, 5.41) is 0. The Morgan fingerprint density at radius 1 is 0.923 bits per heavy atom. The molecule has 26 heavy (non-hydrogen) atoms. The summed E-state index contributed by atoms with van der Waals surface area (Å²) in [5.41, 5.74) is 2.45. The van der Waals surface area contributed by atoms with Gasteiger partial charge in [-0.1, -0.05) is 42.5 Å². The first kappa shape index (κ1) is 16.6. The maximum absolute atomic E-state index is 12.6. The predicted molar refractivity (Wildman–Crippen MR) is 98.8 cm³/mol. The lowest BCUT2D eigenvalue weighted by molar-refractivity contribution is -0.133. The minimum atomic E-state index is -0.484.